The van der Waals surface area contributed by atoms with Crippen LogP contribution in [0.15, 0.2) is 36.4 Å². The second-order valence-corrected chi connectivity index (χ2v) is 5.97. The van der Waals surface area contributed by atoms with Crippen molar-refractivity contribution in [3.63, 3.8) is 0 Å². The molecule has 0 saturated heterocycles. The van der Waals surface area contributed by atoms with E-state index in [1.54, 1.807) is 6.07 Å². The lowest BCUT2D eigenvalue weighted by Crippen LogP contribution is -2.08. The predicted octanol–water partition coefficient (Wildman–Crippen LogP) is 5.34. The van der Waals surface area contributed by atoms with Crippen LogP contribution in [0.2, 0.25) is 5.02 Å². The fourth-order valence-electron chi connectivity index (χ4n) is 2.86. The van der Waals surface area contributed by atoms with E-state index in [1.807, 2.05) is 18.2 Å². The number of ether oxygens (including phenoxy) is 1. The minimum Gasteiger partial charge on any atom is -0.492 e. The van der Waals surface area contributed by atoms with E-state index in [9.17, 15) is 5.26 Å². The number of nitrogens with zero attached hydrogens (tertiary/aromatic N) is 1. The van der Waals surface area contributed by atoms with Gasteiger partial charge < -0.3 is 4.74 Å². The van der Waals surface area contributed by atoms with Crippen LogP contribution in [0.25, 0.3) is 0 Å². The molecule has 3 heteroatoms. The molecule has 2 nitrogen and oxygen atoms in total. The molecule has 0 fully saturated rings. The highest BCUT2D eigenvalue weighted by Gasteiger charge is 2.16. The maximum Gasteiger partial charge on any atom is 0.137 e. The largest absolute Gasteiger partial charge is 0.492 e. The lowest BCUT2D eigenvalue weighted by Gasteiger charge is -2.17. The van der Waals surface area contributed by atoms with Gasteiger partial charge in [0, 0.05) is 6.42 Å². The van der Waals surface area contributed by atoms with Gasteiger partial charge in [0.05, 0.1) is 23.6 Å². The van der Waals surface area contributed by atoms with Crippen molar-refractivity contribution in [3.8, 4) is 11.8 Å². The third kappa shape index (κ3) is 3.81. The van der Waals surface area contributed by atoms with E-state index in [0.717, 1.165) is 5.56 Å². The number of aryl methyl sites for hydroxylation is 3. The Balaban J connectivity index is 2.08. The predicted molar refractivity (Wildman–Crippen MR) is 90.6 cm³/mol. The van der Waals surface area contributed by atoms with Gasteiger partial charge in [-0.2, -0.15) is 5.26 Å². The highest BCUT2D eigenvalue weighted by Crippen LogP contribution is 2.28. The van der Waals surface area contributed by atoms with Gasteiger partial charge >= 0.3 is 0 Å². The molecular weight excluding hydrogens is 294 g/mol. The molecule has 0 saturated carbocycles. The van der Waals surface area contributed by atoms with Crippen LogP contribution >= 0.6 is 11.6 Å². The summed E-state index contributed by atoms with van der Waals surface area (Å²) < 4.78 is 5.71. The van der Waals surface area contributed by atoms with E-state index in [1.165, 1.54) is 16.7 Å². The van der Waals surface area contributed by atoms with Crippen LogP contribution in [0.3, 0.4) is 0 Å². The van der Waals surface area contributed by atoms with Crippen molar-refractivity contribution in [3.05, 3.63) is 63.7 Å². The normalized spacial score (nSPS) is 11.8. The molecule has 2 rings (SSSR count). The Kier molecular flexibility index (Phi) is 5.46. The second-order valence-electron chi connectivity index (χ2n) is 5.56. The van der Waals surface area contributed by atoms with Crippen molar-refractivity contribution in [2.45, 2.75) is 33.1 Å². The Labute approximate surface area is 137 Å². The standard InChI is InChI=1S/C19H20ClNO/c1-13-10-14(2)19(15(3)11-13)16(12-21)8-9-22-18-7-5-4-6-17(18)20/h4-7,10-11,16H,8-9H2,1-3H3. The van der Waals surface area contributed by atoms with Gasteiger partial charge in [0.25, 0.3) is 0 Å². The lowest BCUT2D eigenvalue weighted by molar-refractivity contribution is 0.306. The molecule has 0 aliphatic carbocycles. The van der Waals surface area contributed by atoms with E-state index >= 15 is 0 Å². The molecule has 0 aliphatic rings. The third-order valence-corrected chi connectivity index (χ3v) is 4.06. The first-order valence-electron chi connectivity index (χ1n) is 7.37. The number of nitriles is 1. The summed E-state index contributed by atoms with van der Waals surface area (Å²) in [6, 6.07) is 14.1. The van der Waals surface area contributed by atoms with E-state index in [2.05, 4.69) is 39.0 Å². The van der Waals surface area contributed by atoms with Crippen molar-refractivity contribution in [1.82, 2.24) is 0 Å². The summed E-state index contributed by atoms with van der Waals surface area (Å²) in [4.78, 5) is 0. The van der Waals surface area contributed by atoms with Crippen molar-refractivity contribution in [1.29, 1.82) is 5.26 Å². The van der Waals surface area contributed by atoms with Gasteiger partial charge in [0.1, 0.15) is 5.75 Å². The molecule has 0 aliphatic heterocycles. The Morgan fingerprint density at radius 1 is 1.14 bits per heavy atom. The lowest BCUT2D eigenvalue weighted by atomic mass is 9.88. The molecule has 0 heterocycles. The molecule has 2 aromatic rings. The van der Waals surface area contributed by atoms with Crippen LogP contribution in [0, 0.1) is 32.1 Å². The van der Waals surface area contributed by atoms with Crippen LogP contribution in [0.4, 0.5) is 0 Å². The fourth-order valence-corrected chi connectivity index (χ4v) is 3.05. The van der Waals surface area contributed by atoms with E-state index < -0.39 is 0 Å². The monoisotopic (exact) mass is 313 g/mol. The number of para-hydroxylation sites is 1. The van der Waals surface area contributed by atoms with Gasteiger partial charge in [-0.25, -0.2) is 0 Å². The van der Waals surface area contributed by atoms with E-state index in [0.29, 0.717) is 23.8 Å². The molecule has 0 aromatic heterocycles. The molecule has 1 atom stereocenters. The Morgan fingerprint density at radius 2 is 1.77 bits per heavy atom. The van der Waals surface area contributed by atoms with Crippen LogP contribution in [-0.4, -0.2) is 6.61 Å². The van der Waals surface area contributed by atoms with Crippen LogP contribution in [0.1, 0.15) is 34.6 Å². The number of hydrogen-bond acceptors (Lipinski definition) is 2. The molecule has 0 N–H and O–H groups in total. The Bertz CT molecular complexity index is 680. The van der Waals surface area contributed by atoms with Crippen molar-refractivity contribution in [2.24, 2.45) is 0 Å². The third-order valence-electron chi connectivity index (χ3n) is 3.74. The van der Waals surface area contributed by atoms with Crippen molar-refractivity contribution in [2.75, 3.05) is 6.61 Å². The maximum absolute atomic E-state index is 9.52. The van der Waals surface area contributed by atoms with Gasteiger partial charge in [0.2, 0.25) is 0 Å². The second kappa shape index (κ2) is 7.33. The Morgan fingerprint density at radius 3 is 2.36 bits per heavy atom. The molecule has 0 spiro atoms. The molecule has 0 bridgehead atoms. The number of hydrogen-bond donors (Lipinski definition) is 0. The highest BCUT2D eigenvalue weighted by molar-refractivity contribution is 6.32. The minimum atomic E-state index is -0.164. The smallest absolute Gasteiger partial charge is 0.137 e. The summed E-state index contributed by atoms with van der Waals surface area (Å²) in [6.07, 6.45) is 0.645. The van der Waals surface area contributed by atoms with Crippen molar-refractivity contribution >= 4 is 11.6 Å². The van der Waals surface area contributed by atoms with E-state index in [-0.39, 0.29) is 5.92 Å². The van der Waals surface area contributed by atoms with Gasteiger partial charge in [0.15, 0.2) is 0 Å². The quantitative estimate of drug-likeness (QED) is 0.746. The minimum absolute atomic E-state index is 0.164. The first-order valence-corrected chi connectivity index (χ1v) is 7.75. The van der Waals surface area contributed by atoms with E-state index in [4.69, 9.17) is 16.3 Å². The molecule has 0 radical (unpaired) electrons. The topological polar surface area (TPSA) is 33.0 Å². The highest BCUT2D eigenvalue weighted by atomic mass is 35.5. The zero-order chi connectivity index (χ0) is 16.1. The summed E-state index contributed by atoms with van der Waals surface area (Å²) in [6.45, 7) is 6.67. The number of halogens is 1. The van der Waals surface area contributed by atoms with Gasteiger partial charge in [-0.3, -0.25) is 0 Å². The summed E-state index contributed by atoms with van der Waals surface area (Å²) in [5.74, 6) is 0.501. The number of rotatable bonds is 5. The summed E-state index contributed by atoms with van der Waals surface area (Å²) >= 11 is 6.07. The average molecular weight is 314 g/mol. The zero-order valence-electron chi connectivity index (χ0n) is 13.2. The van der Waals surface area contributed by atoms with Crippen LogP contribution in [0.5, 0.6) is 5.75 Å². The zero-order valence-corrected chi connectivity index (χ0v) is 13.9. The van der Waals surface area contributed by atoms with Gasteiger partial charge in [-0.15, -0.1) is 0 Å². The summed E-state index contributed by atoms with van der Waals surface area (Å²) in [5.41, 5.74) is 4.68. The molecule has 1 unspecified atom stereocenters. The van der Waals surface area contributed by atoms with Crippen LogP contribution in [-0.2, 0) is 0 Å². The summed E-state index contributed by atoms with van der Waals surface area (Å²) in [5, 5.41) is 10.1. The average Bonchev–Trinajstić information content (AvgIpc) is 2.46. The number of benzene rings is 2. The molecule has 0 amide bonds. The molecule has 2 aromatic carbocycles. The SMILES string of the molecule is Cc1cc(C)c(C(C#N)CCOc2ccccc2Cl)c(C)c1. The first kappa shape index (κ1) is 16.4. The molecule has 22 heavy (non-hydrogen) atoms. The molecular formula is C19H20ClNO. The van der Waals surface area contributed by atoms with Gasteiger partial charge in [-0.1, -0.05) is 41.4 Å². The van der Waals surface area contributed by atoms with Gasteiger partial charge in [-0.05, 0) is 49.6 Å². The first-order chi connectivity index (χ1) is 10.5. The maximum atomic E-state index is 9.52. The molecule has 114 valence electrons. The fraction of sp³-hybridized carbons (Fsp3) is 0.316. The summed E-state index contributed by atoms with van der Waals surface area (Å²) in [7, 11) is 0. The Hall–Kier alpha value is -1.98. The van der Waals surface area contributed by atoms with Crippen LogP contribution < -0.4 is 4.74 Å². The van der Waals surface area contributed by atoms with Crippen molar-refractivity contribution < 1.29 is 4.74 Å².